The summed E-state index contributed by atoms with van der Waals surface area (Å²) in [5.41, 5.74) is 2.84. The van der Waals surface area contributed by atoms with Gasteiger partial charge in [-0.2, -0.15) is 8.75 Å². The van der Waals surface area contributed by atoms with Gasteiger partial charge in [-0.25, -0.2) is 0 Å². The Bertz CT molecular complexity index is 737. The summed E-state index contributed by atoms with van der Waals surface area (Å²) in [5, 5.41) is 12.1. The molecule has 2 aromatic heterocycles. The van der Waals surface area contributed by atoms with Crippen LogP contribution >= 0.6 is 34.9 Å². The number of anilines is 1. The Kier molecular flexibility index (Phi) is 3.26. The van der Waals surface area contributed by atoms with Crippen molar-refractivity contribution in [3.05, 3.63) is 28.0 Å². The number of aromatic nitrogens is 5. The Hall–Kier alpha value is -1.44. The van der Waals surface area contributed by atoms with Crippen molar-refractivity contribution >= 4 is 51.7 Å². The minimum Gasteiger partial charge on any atom is -0.376 e. The monoisotopic (exact) mass is 314 g/mol. The average Bonchev–Trinajstić information content (AvgIpc) is 2.98. The number of aryl methyl sites for hydroxylation is 1. The van der Waals surface area contributed by atoms with E-state index in [9.17, 15) is 0 Å². The van der Waals surface area contributed by atoms with Gasteiger partial charge in [-0.3, -0.25) is 4.68 Å². The molecule has 3 aromatic rings. The Labute approximate surface area is 122 Å². The second kappa shape index (κ2) is 4.92. The first-order valence-electron chi connectivity index (χ1n) is 5.34. The first kappa shape index (κ1) is 12.6. The Morgan fingerprint density at radius 1 is 1.26 bits per heavy atom. The van der Waals surface area contributed by atoms with Crippen LogP contribution in [-0.2, 0) is 13.6 Å². The summed E-state index contributed by atoms with van der Waals surface area (Å²) in [6.07, 6.45) is 1.83. The maximum absolute atomic E-state index is 6.19. The van der Waals surface area contributed by atoms with Crippen molar-refractivity contribution in [3.63, 3.8) is 0 Å². The lowest BCUT2D eigenvalue weighted by atomic mass is 10.2. The van der Waals surface area contributed by atoms with Gasteiger partial charge in [0.05, 0.1) is 34.0 Å². The predicted molar refractivity (Wildman–Crippen MR) is 75.8 cm³/mol. The van der Waals surface area contributed by atoms with Gasteiger partial charge in [0.2, 0.25) is 0 Å². The van der Waals surface area contributed by atoms with E-state index in [0.717, 1.165) is 17.4 Å². The first-order valence-corrected chi connectivity index (χ1v) is 6.83. The molecule has 0 aliphatic heterocycles. The van der Waals surface area contributed by atoms with Gasteiger partial charge in [0, 0.05) is 13.2 Å². The fourth-order valence-corrected chi connectivity index (χ4v) is 2.88. The normalized spacial score (nSPS) is 11.1. The molecule has 0 saturated carbocycles. The SMILES string of the molecule is Cn1cc(CNc2c(Cl)cc(Cl)c3nsnc23)nn1. The van der Waals surface area contributed by atoms with Crippen molar-refractivity contribution in [2.24, 2.45) is 7.05 Å². The van der Waals surface area contributed by atoms with Gasteiger partial charge in [0.1, 0.15) is 16.7 Å². The molecule has 0 aliphatic carbocycles. The van der Waals surface area contributed by atoms with Crippen LogP contribution in [-0.4, -0.2) is 23.7 Å². The van der Waals surface area contributed by atoms with Crippen LogP contribution in [0, 0.1) is 0 Å². The molecule has 0 saturated heterocycles. The van der Waals surface area contributed by atoms with E-state index in [1.165, 1.54) is 0 Å². The molecule has 0 amide bonds. The second-order valence-electron chi connectivity index (χ2n) is 3.91. The maximum Gasteiger partial charge on any atom is 0.130 e. The summed E-state index contributed by atoms with van der Waals surface area (Å²) in [6, 6.07) is 1.66. The van der Waals surface area contributed by atoms with Gasteiger partial charge in [-0.15, -0.1) is 5.10 Å². The number of halogens is 2. The van der Waals surface area contributed by atoms with Gasteiger partial charge >= 0.3 is 0 Å². The van der Waals surface area contributed by atoms with Gasteiger partial charge in [-0.1, -0.05) is 28.4 Å². The van der Waals surface area contributed by atoms with Gasteiger partial charge in [0.25, 0.3) is 0 Å². The number of fused-ring (bicyclic) bond motifs is 1. The molecule has 3 rings (SSSR count). The minimum absolute atomic E-state index is 0.499. The lowest BCUT2D eigenvalue weighted by molar-refractivity contribution is 0.713. The molecule has 19 heavy (non-hydrogen) atoms. The lowest BCUT2D eigenvalue weighted by Crippen LogP contribution is -2.01. The largest absolute Gasteiger partial charge is 0.376 e. The molecule has 6 nitrogen and oxygen atoms in total. The van der Waals surface area contributed by atoms with Gasteiger partial charge in [0.15, 0.2) is 0 Å². The number of hydrogen-bond donors (Lipinski definition) is 1. The molecule has 9 heteroatoms. The number of nitrogens with zero attached hydrogens (tertiary/aromatic N) is 5. The van der Waals surface area contributed by atoms with E-state index in [1.54, 1.807) is 10.7 Å². The molecule has 98 valence electrons. The van der Waals surface area contributed by atoms with Gasteiger partial charge in [-0.05, 0) is 6.07 Å². The minimum atomic E-state index is 0.499. The zero-order valence-electron chi connectivity index (χ0n) is 9.76. The molecule has 0 bridgehead atoms. The quantitative estimate of drug-likeness (QED) is 0.805. The number of rotatable bonds is 3. The average molecular weight is 315 g/mol. The smallest absolute Gasteiger partial charge is 0.130 e. The van der Waals surface area contributed by atoms with Crippen LogP contribution in [0.5, 0.6) is 0 Å². The summed E-state index contributed by atoms with van der Waals surface area (Å²) in [7, 11) is 1.81. The van der Waals surface area contributed by atoms with Crippen molar-refractivity contribution in [2.45, 2.75) is 6.54 Å². The zero-order chi connectivity index (χ0) is 13.4. The number of nitrogens with one attached hydrogen (secondary N) is 1. The molecule has 0 unspecified atom stereocenters. The first-order chi connectivity index (χ1) is 9.15. The van der Waals surface area contributed by atoms with Gasteiger partial charge < -0.3 is 5.32 Å². The molecule has 0 aliphatic rings. The number of hydrogen-bond acceptors (Lipinski definition) is 6. The van der Waals surface area contributed by atoms with Crippen LogP contribution < -0.4 is 5.32 Å². The Balaban J connectivity index is 1.94. The van der Waals surface area contributed by atoms with Crippen molar-refractivity contribution < 1.29 is 0 Å². The summed E-state index contributed by atoms with van der Waals surface area (Å²) in [5.74, 6) is 0. The molecule has 0 atom stereocenters. The van der Waals surface area contributed by atoms with E-state index in [0.29, 0.717) is 33.3 Å². The third-order valence-electron chi connectivity index (χ3n) is 2.54. The topological polar surface area (TPSA) is 68.5 Å². The maximum atomic E-state index is 6.19. The summed E-state index contributed by atoms with van der Waals surface area (Å²) >= 11 is 13.3. The third-order valence-corrected chi connectivity index (χ3v) is 3.65. The molecular weight excluding hydrogens is 307 g/mol. The van der Waals surface area contributed by atoms with Crippen molar-refractivity contribution in [2.75, 3.05) is 5.32 Å². The Morgan fingerprint density at radius 3 is 2.79 bits per heavy atom. The lowest BCUT2D eigenvalue weighted by Gasteiger charge is -2.07. The van der Waals surface area contributed by atoms with Crippen LogP contribution in [0.4, 0.5) is 5.69 Å². The van der Waals surface area contributed by atoms with Crippen molar-refractivity contribution in [1.29, 1.82) is 0 Å². The van der Waals surface area contributed by atoms with Crippen LogP contribution in [0.3, 0.4) is 0 Å². The van der Waals surface area contributed by atoms with Crippen molar-refractivity contribution in [3.8, 4) is 0 Å². The highest BCUT2D eigenvalue weighted by atomic mass is 35.5. The molecule has 2 heterocycles. The summed E-state index contributed by atoms with van der Waals surface area (Å²) < 4.78 is 10.0. The number of benzene rings is 1. The standard InChI is InChI=1S/C10H8Cl2N6S/c1-18-4-5(14-17-18)3-13-8-6(11)2-7(12)9-10(8)16-19-15-9/h2,4,13H,3H2,1H3. The molecule has 0 radical (unpaired) electrons. The van der Waals surface area contributed by atoms with E-state index in [4.69, 9.17) is 23.2 Å². The molecular formula is C10H8Cl2N6S. The highest BCUT2D eigenvalue weighted by Crippen LogP contribution is 2.35. The van der Waals surface area contributed by atoms with Crippen LogP contribution in [0.1, 0.15) is 5.69 Å². The van der Waals surface area contributed by atoms with E-state index in [-0.39, 0.29) is 0 Å². The highest BCUT2D eigenvalue weighted by Gasteiger charge is 2.14. The second-order valence-corrected chi connectivity index (χ2v) is 5.26. The molecule has 0 fully saturated rings. The molecule has 1 N–H and O–H groups in total. The van der Waals surface area contributed by atoms with Crippen LogP contribution in [0.2, 0.25) is 10.0 Å². The fraction of sp³-hybridized carbons (Fsp3) is 0.200. The predicted octanol–water partition coefficient (Wildman–Crippen LogP) is 2.74. The zero-order valence-corrected chi connectivity index (χ0v) is 12.1. The van der Waals surface area contributed by atoms with Crippen molar-refractivity contribution in [1.82, 2.24) is 23.7 Å². The summed E-state index contributed by atoms with van der Waals surface area (Å²) in [6.45, 7) is 0.502. The van der Waals surface area contributed by atoms with E-state index in [1.807, 2.05) is 13.2 Å². The fourth-order valence-electron chi connectivity index (χ4n) is 1.70. The van der Waals surface area contributed by atoms with E-state index in [2.05, 4.69) is 24.4 Å². The highest BCUT2D eigenvalue weighted by molar-refractivity contribution is 7.00. The van der Waals surface area contributed by atoms with E-state index < -0.39 is 0 Å². The van der Waals surface area contributed by atoms with Crippen LogP contribution in [0.15, 0.2) is 12.3 Å². The molecule has 1 aromatic carbocycles. The summed E-state index contributed by atoms with van der Waals surface area (Å²) in [4.78, 5) is 0. The third kappa shape index (κ3) is 2.36. The Morgan fingerprint density at radius 2 is 2.05 bits per heavy atom. The van der Waals surface area contributed by atoms with E-state index >= 15 is 0 Å². The molecule has 0 spiro atoms. The van der Waals surface area contributed by atoms with Crippen LogP contribution in [0.25, 0.3) is 11.0 Å².